The van der Waals surface area contributed by atoms with Crippen LogP contribution in [0.2, 0.25) is 0 Å². The van der Waals surface area contributed by atoms with Crippen molar-refractivity contribution in [1.29, 1.82) is 0 Å². The van der Waals surface area contributed by atoms with E-state index in [2.05, 4.69) is 5.32 Å². The van der Waals surface area contributed by atoms with Crippen molar-refractivity contribution >= 4 is 27.1 Å². The molecule has 6 nitrogen and oxygen atoms in total. The number of methoxy groups -OCH3 is 1. The maximum Gasteiger partial charge on any atom is 0.261 e. The lowest BCUT2D eigenvalue weighted by atomic mass is 10.1. The number of anilines is 2. The van der Waals surface area contributed by atoms with Crippen molar-refractivity contribution in [3.05, 3.63) is 53.3 Å². The number of nitrogens with one attached hydrogen (secondary N) is 1. The topological polar surface area (TPSA) is 75.7 Å². The summed E-state index contributed by atoms with van der Waals surface area (Å²) in [7, 11) is -2.77. The number of carbonyl (C=O) groups is 1. The van der Waals surface area contributed by atoms with Crippen molar-refractivity contribution in [2.45, 2.75) is 11.3 Å². The van der Waals surface area contributed by atoms with Gasteiger partial charge in [-0.3, -0.25) is 4.79 Å². The van der Waals surface area contributed by atoms with Crippen molar-refractivity contribution in [2.75, 3.05) is 42.8 Å². The molecule has 0 radical (unpaired) electrons. The summed E-state index contributed by atoms with van der Waals surface area (Å²) in [5.41, 5.74) is -1.54. The molecule has 1 aliphatic rings. The van der Waals surface area contributed by atoms with Gasteiger partial charge in [-0.15, -0.1) is 0 Å². The first-order chi connectivity index (χ1) is 13.8. The molecule has 0 aromatic heterocycles. The number of sulfone groups is 1. The van der Waals surface area contributed by atoms with Crippen molar-refractivity contribution in [1.82, 2.24) is 0 Å². The van der Waals surface area contributed by atoms with Crippen LogP contribution in [0.4, 0.5) is 24.5 Å². The van der Waals surface area contributed by atoms with Crippen molar-refractivity contribution in [2.24, 2.45) is 0 Å². The minimum absolute atomic E-state index is 0.110. The molecule has 29 heavy (non-hydrogen) atoms. The third-order valence-corrected chi connectivity index (χ3v) is 6.26. The van der Waals surface area contributed by atoms with Gasteiger partial charge in [0.15, 0.2) is 27.3 Å². The third-order valence-electron chi connectivity index (χ3n) is 4.55. The Morgan fingerprint density at radius 1 is 1.14 bits per heavy atom. The SMILES string of the molecule is COCCCN1CCS(=O)(=O)c2c(F)c(F)c(C(=O)Nc3ccccc3)c(F)c21. The molecule has 1 N–H and O–H groups in total. The molecule has 1 heterocycles. The lowest BCUT2D eigenvalue weighted by Gasteiger charge is -2.32. The molecule has 0 spiro atoms. The van der Waals surface area contributed by atoms with Gasteiger partial charge < -0.3 is 15.0 Å². The molecule has 1 aliphatic heterocycles. The zero-order valence-corrected chi connectivity index (χ0v) is 16.4. The van der Waals surface area contributed by atoms with Gasteiger partial charge in [-0.25, -0.2) is 21.6 Å². The summed E-state index contributed by atoms with van der Waals surface area (Å²) < 4.78 is 74.1. The Morgan fingerprint density at radius 2 is 1.83 bits per heavy atom. The standard InChI is InChI=1S/C19H19F3N2O4S/c1-28-10-5-8-24-9-11-29(26,27)18-16(22)14(20)13(15(21)17(18)24)19(25)23-12-6-3-2-4-7-12/h2-4,6-7H,5,8-11H2,1H3,(H,23,25). The lowest BCUT2D eigenvalue weighted by molar-refractivity contribution is 0.101. The van der Waals surface area contributed by atoms with Gasteiger partial charge in [-0.1, -0.05) is 18.2 Å². The molecule has 0 unspecified atom stereocenters. The fraction of sp³-hybridized carbons (Fsp3) is 0.316. The van der Waals surface area contributed by atoms with Crippen LogP contribution in [0, 0.1) is 17.5 Å². The second-order valence-electron chi connectivity index (χ2n) is 6.47. The van der Waals surface area contributed by atoms with Crippen molar-refractivity contribution in [3.8, 4) is 0 Å². The van der Waals surface area contributed by atoms with E-state index in [1.54, 1.807) is 18.2 Å². The fourth-order valence-electron chi connectivity index (χ4n) is 3.18. The molecule has 10 heteroatoms. The summed E-state index contributed by atoms with van der Waals surface area (Å²) in [5, 5.41) is 2.29. The molecule has 0 atom stereocenters. The van der Waals surface area contributed by atoms with Crippen LogP contribution in [0.15, 0.2) is 35.2 Å². The van der Waals surface area contributed by atoms with Gasteiger partial charge in [-0.05, 0) is 18.6 Å². The maximum absolute atomic E-state index is 15.2. The van der Waals surface area contributed by atoms with Crippen LogP contribution < -0.4 is 10.2 Å². The Balaban J connectivity index is 2.11. The van der Waals surface area contributed by atoms with E-state index in [0.717, 1.165) is 0 Å². The van der Waals surface area contributed by atoms with Crippen LogP contribution in [-0.2, 0) is 14.6 Å². The van der Waals surface area contributed by atoms with Gasteiger partial charge in [0.1, 0.15) is 10.5 Å². The van der Waals surface area contributed by atoms with E-state index in [9.17, 15) is 22.0 Å². The third kappa shape index (κ3) is 4.08. The summed E-state index contributed by atoms with van der Waals surface area (Å²) in [5.74, 6) is -6.70. The van der Waals surface area contributed by atoms with Crippen molar-refractivity contribution < 1.29 is 31.1 Å². The number of benzene rings is 2. The average Bonchev–Trinajstić information content (AvgIpc) is 2.68. The zero-order chi connectivity index (χ0) is 21.2. The number of hydrogen-bond donors (Lipinski definition) is 1. The zero-order valence-electron chi connectivity index (χ0n) is 15.5. The van der Waals surface area contributed by atoms with Crippen LogP contribution >= 0.6 is 0 Å². The van der Waals surface area contributed by atoms with Gasteiger partial charge in [-0.2, -0.15) is 0 Å². The van der Waals surface area contributed by atoms with Crippen LogP contribution in [0.25, 0.3) is 0 Å². The largest absolute Gasteiger partial charge is 0.385 e. The highest BCUT2D eigenvalue weighted by Crippen LogP contribution is 2.39. The smallest absolute Gasteiger partial charge is 0.261 e. The van der Waals surface area contributed by atoms with Crippen LogP contribution in [0.5, 0.6) is 0 Å². The van der Waals surface area contributed by atoms with Crippen LogP contribution in [0.3, 0.4) is 0 Å². The lowest BCUT2D eigenvalue weighted by Crippen LogP contribution is -2.39. The Bertz CT molecular complexity index is 1030. The summed E-state index contributed by atoms with van der Waals surface area (Å²) >= 11 is 0. The number of fused-ring (bicyclic) bond motifs is 1. The van der Waals surface area contributed by atoms with E-state index in [4.69, 9.17) is 4.74 Å². The highest BCUT2D eigenvalue weighted by molar-refractivity contribution is 7.91. The highest BCUT2D eigenvalue weighted by atomic mass is 32.2. The number of ether oxygens (including phenoxy) is 1. The van der Waals surface area contributed by atoms with Gasteiger partial charge in [0.05, 0.1) is 11.4 Å². The number of halogens is 3. The molecule has 0 fully saturated rings. The highest BCUT2D eigenvalue weighted by Gasteiger charge is 2.39. The number of rotatable bonds is 6. The molecular formula is C19H19F3N2O4S. The number of para-hydroxylation sites is 1. The number of carbonyl (C=O) groups excluding carboxylic acids is 1. The Hall–Kier alpha value is -2.59. The minimum atomic E-state index is -4.24. The first-order valence-corrected chi connectivity index (χ1v) is 10.5. The van der Waals surface area contributed by atoms with E-state index < -0.39 is 55.1 Å². The van der Waals surface area contributed by atoms with E-state index >= 15 is 4.39 Å². The summed E-state index contributed by atoms with van der Waals surface area (Å²) in [6, 6.07) is 7.85. The van der Waals surface area contributed by atoms with E-state index in [-0.39, 0.29) is 18.8 Å². The Kier molecular flexibility index (Phi) is 6.13. The molecule has 2 aromatic carbocycles. The predicted octanol–water partition coefficient (Wildman–Crippen LogP) is 2.99. The Labute approximate surface area is 166 Å². The number of nitrogens with zero attached hydrogens (tertiary/aromatic N) is 1. The number of hydrogen-bond acceptors (Lipinski definition) is 5. The molecule has 0 saturated carbocycles. The van der Waals surface area contributed by atoms with Gasteiger partial charge in [0.2, 0.25) is 0 Å². The maximum atomic E-state index is 15.2. The summed E-state index contributed by atoms with van der Waals surface area (Å²) in [4.78, 5) is 12.7. The van der Waals surface area contributed by atoms with Gasteiger partial charge in [0.25, 0.3) is 5.91 Å². The summed E-state index contributed by atoms with van der Waals surface area (Å²) in [6.07, 6.45) is 0.403. The summed E-state index contributed by atoms with van der Waals surface area (Å²) in [6.45, 7) is 0.351. The van der Waals surface area contributed by atoms with E-state index in [1.165, 1.54) is 24.1 Å². The van der Waals surface area contributed by atoms with Crippen LogP contribution in [-0.4, -0.2) is 46.9 Å². The molecule has 1 amide bonds. The molecule has 0 saturated heterocycles. The Morgan fingerprint density at radius 3 is 2.48 bits per heavy atom. The van der Waals surface area contributed by atoms with Crippen molar-refractivity contribution in [3.63, 3.8) is 0 Å². The first-order valence-electron chi connectivity index (χ1n) is 8.81. The monoisotopic (exact) mass is 428 g/mol. The molecular weight excluding hydrogens is 409 g/mol. The normalized spacial score (nSPS) is 15.1. The average molecular weight is 428 g/mol. The van der Waals surface area contributed by atoms with E-state index in [0.29, 0.717) is 13.0 Å². The predicted molar refractivity (Wildman–Crippen MR) is 101 cm³/mol. The molecule has 2 aromatic rings. The quantitative estimate of drug-likeness (QED) is 0.566. The minimum Gasteiger partial charge on any atom is -0.385 e. The molecule has 0 aliphatic carbocycles. The fourth-order valence-corrected chi connectivity index (χ4v) is 4.72. The second-order valence-corrected chi connectivity index (χ2v) is 8.51. The van der Waals surface area contributed by atoms with E-state index in [1.807, 2.05) is 0 Å². The number of amides is 1. The molecule has 3 rings (SSSR count). The van der Waals surface area contributed by atoms with Gasteiger partial charge >= 0.3 is 0 Å². The second kappa shape index (κ2) is 8.42. The molecule has 0 bridgehead atoms. The van der Waals surface area contributed by atoms with Gasteiger partial charge in [0, 0.05) is 32.5 Å². The molecule has 156 valence electrons. The first kappa shape index (κ1) is 21.1. The van der Waals surface area contributed by atoms with Crippen LogP contribution in [0.1, 0.15) is 16.8 Å².